The Bertz CT molecular complexity index is 471. The van der Waals surface area contributed by atoms with Crippen molar-refractivity contribution in [2.24, 2.45) is 0 Å². The summed E-state index contributed by atoms with van der Waals surface area (Å²) >= 11 is 5.76. The molecule has 0 radical (unpaired) electrons. The second kappa shape index (κ2) is 4.94. The number of aromatic nitrogens is 2. The summed E-state index contributed by atoms with van der Waals surface area (Å²) in [5.41, 5.74) is 3.00. The molecule has 0 unspecified atom stereocenters. The van der Waals surface area contributed by atoms with Gasteiger partial charge >= 0.3 is 0 Å². The Labute approximate surface area is 99.1 Å². The van der Waals surface area contributed by atoms with Gasteiger partial charge in [-0.05, 0) is 17.7 Å². The molecule has 2 heterocycles. The zero-order valence-corrected chi connectivity index (χ0v) is 9.61. The predicted molar refractivity (Wildman–Crippen MR) is 63.6 cm³/mol. The van der Waals surface area contributed by atoms with Crippen molar-refractivity contribution in [3.63, 3.8) is 0 Å². The number of halogens is 1. The normalized spacial score (nSPS) is 10.1. The molecule has 2 aromatic rings. The minimum atomic E-state index is 0.463. The Morgan fingerprint density at radius 1 is 1.19 bits per heavy atom. The third kappa shape index (κ3) is 2.31. The summed E-state index contributed by atoms with van der Waals surface area (Å²) in [7, 11) is 1.59. The fraction of sp³-hybridized carbons (Fsp3) is 0.167. The van der Waals surface area contributed by atoms with Crippen molar-refractivity contribution in [3.8, 4) is 17.0 Å². The van der Waals surface area contributed by atoms with Crippen molar-refractivity contribution in [1.82, 2.24) is 9.97 Å². The lowest BCUT2D eigenvalue weighted by Gasteiger charge is -2.03. The molecule has 0 N–H and O–H groups in total. The summed E-state index contributed by atoms with van der Waals surface area (Å²) in [6.07, 6.45) is 5.31. The topological polar surface area (TPSA) is 35.0 Å². The Hall–Kier alpha value is -1.61. The van der Waals surface area contributed by atoms with Gasteiger partial charge < -0.3 is 4.74 Å². The van der Waals surface area contributed by atoms with Gasteiger partial charge in [0.1, 0.15) is 0 Å². The number of nitrogens with zero attached hydrogens (tertiary/aromatic N) is 2. The highest BCUT2D eigenvalue weighted by molar-refractivity contribution is 6.17. The van der Waals surface area contributed by atoms with Crippen molar-refractivity contribution < 1.29 is 4.74 Å². The molecule has 4 heteroatoms. The molecular formula is C12H11ClN2O. The van der Waals surface area contributed by atoms with Crippen LogP contribution in [0, 0.1) is 0 Å². The second-order valence-electron chi connectivity index (χ2n) is 3.30. The largest absolute Gasteiger partial charge is 0.481 e. The molecule has 0 aromatic carbocycles. The van der Waals surface area contributed by atoms with Gasteiger partial charge in [0.2, 0.25) is 5.88 Å². The standard InChI is InChI=1S/C12H11ClN2O/c1-16-12-3-2-10(8-15-12)11-4-9(5-13)6-14-7-11/h2-4,6-8H,5H2,1H3. The second-order valence-corrected chi connectivity index (χ2v) is 3.57. The van der Waals surface area contributed by atoms with E-state index < -0.39 is 0 Å². The number of rotatable bonds is 3. The lowest BCUT2D eigenvalue weighted by molar-refractivity contribution is 0.398. The zero-order chi connectivity index (χ0) is 11.4. The maximum atomic E-state index is 5.76. The van der Waals surface area contributed by atoms with Crippen LogP contribution in [-0.4, -0.2) is 17.1 Å². The van der Waals surface area contributed by atoms with E-state index in [-0.39, 0.29) is 0 Å². The van der Waals surface area contributed by atoms with E-state index in [1.807, 2.05) is 18.2 Å². The zero-order valence-electron chi connectivity index (χ0n) is 8.85. The first-order valence-electron chi connectivity index (χ1n) is 4.84. The molecule has 0 spiro atoms. The van der Waals surface area contributed by atoms with Crippen LogP contribution in [0.15, 0.2) is 36.8 Å². The van der Waals surface area contributed by atoms with Crippen molar-refractivity contribution in [2.45, 2.75) is 5.88 Å². The van der Waals surface area contributed by atoms with Gasteiger partial charge in [-0.3, -0.25) is 4.98 Å². The van der Waals surface area contributed by atoms with E-state index in [2.05, 4.69) is 9.97 Å². The molecule has 82 valence electrons. The Kier molecular flexibility index (Phi) is 3.37. The lowest BCUT2D eigenvalue weighted by Crippen LogP contribution is -1.88. The van der Waals surface area contributed by atoms with Crippen LogP contribution in [0.4, 0.5) is 0 Å². The van der Waals surface area contributed by atoms with Crippen LogP contribution < -0.4 is 4.74 Å². The van der Waals surface area contributed by atoms with Crippen LogP contribution in [0.2, 0.25) is 0 Å². The molecule has 0 saturated heterocycles. The first-order valence-corrected chi connectivity index (χ1v) is 5.37. The molecule has 0 fully saturated rings. The predicted octanol–water partition coefficient (Wildman–Crippen LogP) is 2.89. The average Bonchev–Trinajstić information content (AvgIpc) is 2.39. The summed E-state index contributed by atoms with van der Waals surface area (Å²) in [6, 6.07) is 5.77. The number of ether oxygens (including phenoxy) is 1. The van der Waals surface area contributed by atoms with Gasteiger partial charge in [-0.2, -0.15) is 0 Å². The summed E-state index contributed by atoms with van der Waals surface area (Å²) in [4.78, 5) is 8.28. The summed E-state index contributed by atoms with van der Waals surface area (Å²) in [5, 5.41) is 0. The third-order valence-electron chi connectivity index (χ3n) is 2.23. The van der Waals surface area contributed by atoms with Crippen LogP contribution in [0.5, 0.6) is 5.88 Å². The molecule has 0 aliphatic rings. The van der Waals surface area contributed by atoms with Crippen LogP contribution in [0.3, 0.4) is 0 Å². The Morgan fingerprint density at radius 3 is 2.69 bits per heavy atom. The fourth-order valence-corrected chi connectivity index (χ4v) is 1.54. The van der Waals surface area contributed by atoms with Crippen LogP contribution in [-0.2, 0) is 5.88 Å². The van der Waals surface area contributed by atoms with E-state index in [9.17, 15) is 0 Å². The minimum absolute atomic E-state index is 0.463. The highest BCUT2D eigenvalue weighted by Gasteiger charge is 2.01. The molecule has 0 saturated carbocycles. The molecule has 0 atom stereocenters. The van der Waals surface area contributed by atoms with Gasteiger partial charge in [-0.15, -0.1) is 11.6 Å². The van der Waals surface area contributed by atoms with Crippen LogP contribution >= 0.6 is 11.6 Å². The number of alkyl halides is 1. The first kappa shape index (κ1) is 10.9. The van der Waals surface area contributed by atoms with Crippen molar-refractivity contribution in [1.29, 1.82) is 0 Å². The Balaban J connectivity index is 2.34. The molecule has 16 heavy (non-hydrogen) atoms. The van der Waals surface area contributed by atoms with E-state index in [1.165, 1.54) is 0 Å². The highest BCUT2D eigenvalue weighted by atomic mass is 35.5. The SMILES string of the molecule is COc1ccc(-c2cncc(CCl)c2)cn1. The van der Waals surface area contributed by atoms with Crippen molar-refractivity contribution in [3.05, 3.63) is 42.4 Å². The monoisotopic (exact) mass is 234 g/mol. The van der Waals surface area contributed by atoms with Crippen molar-refractivity contribution in [2.75, 3.05) is 7.11 Å². The smallest absolute Gasteiger partial charge is 0.212 e. The third-order valence-corrected chi connectivity index (χ3v) is 2.54. The molecule has 2 rings (SSSR count). The number of hydrogen-bond acceptors (Lipinski definition) is 3. The van der Waals surface area contributed by atoms with Gasteiger partial charge in [-0.25, -0.2) is 4.98 Å². The van der Waals surface area contributed by atoms with Crippen LogP contribution in [0.1, 0.15) is 5.56 Å². The maximum Gasteiger partial charge on any atom is 0.212 e. The summed E-state index contributed by atoms with van der Waals surface area (Å²) < 4.78 is 5.00. The maximum absolute atomic E-state index is 5.76. The van der Waals surface area contributed by atoms with E-state index in [0.717, 1.165) is 16.7 Å². The molecule has 3 nitrogen and oxygen atoms in total. The summed E-state index contributed by atoms with van der Waals surface area (Å²) in [6.45, 7) is 0. The van der Waals surface area contributed by atoms with Crippen LogP contribution in [0.25, 0.3) is 11.1 Å². The summed E-state index contributed by atoms with van der Waals surface area (Å²) in [5.74, 6) is 1.06. The molecule has 0 bridgehead atoms. The molecular weight excluding hydrogens is 224 g/mol. The van der Waals surface area contributed by atoms with Gasteiger partial charge in [0.05, 0.1) is 7.11 Å². The van der Waals surface area contributed by atoms with Crippen molar-refractivity contribution >= 4 is 11.6 Å². The molecule has 2 aromatic heterocycles. The van der Waals surface area contributed by atoms with Gasteiger partial charge in [-0.1, -0.05) is 0 Å². The van der Waals surface area contributed by atoms with E-state index in [1.54, 1.807) is 25.7 Å². The molecule has 0 amide bonds. The Morgan fingerprint density at radius 2 is 2.06 bits per heavy atom. The van der Waals surface area contributed by atoms with E-state index >= 15 is 0 Å². The number of hydrogen-bond donors (Lipinski definition) is 0. The van der Waals surface area contributed by atoms with E-state index in [4.69, 9.17) is 16.3 Å². The minimum Gasteiger partial charge on any atom is -0.481 e. The highest BCUT2D eigenvalue weighted by Crippen LogP contribution is 2.20. The van der Waals surface area contributed by atoms with Gasteiger partial charge in [0, 0.05) is 41.7 Å². The average molecular weight is 235 g/mol. The van der Waals surface area contributed by atoms with Gasteiger partial charge in [0.15, 0.2) is 0 Å². The first-order chi connectivity index (χ1) is 7.83. The number of methoxy groups -OCH3 is 1. The quantitative estimate of drug-likeness (QED) is 0.766. The van der Waals surface area contributed by atoms with E-state index in [0.29, 0.717) is 11.8 Å². The van der Waals surface area contributed by atoms with Gasteiger partial charge in [0.25, 0.3) is 0 Å². The fourth-order valence-electron chi connectivity index (χ4n) is 1.39. The lowest BCUT2D eigenvalue weighted by atomic mass is 10.1. The number of pyridine rings is 2. The molecule has 0 aliphatic carbocycles. The molecule has 0 aliphatic heterocycles.